The molecule has 0 bridgehead atoms. The number of halogens is 1. The molecule has 1 aliphatic rings. The fourth-order valence-electron chi connectivity index (χ4n) is 2.90. The van der Waals surface area contributed by atoms with Crippen LogP contribution >= 0.6 is 11.6 Å². The van der Waals surface area contributed by atoms with Gasteiger partial charge in [-0.05, 0) is 36.3 Å². The summed E-state index contributed by atoms with van der Waals surface area (Å²) in [6.07, 6.45) is 7.47. The number of pyridine rings is 1. The first-order valence-electron chi connectivity index (χ1n) is 6.54. The Labute approximate surface area is 109 Å². The molecule has 2 nitrogen and oxygen atoms in total. The maximum atomic E-state index is 6.10. The third-order valence-corrected chi connectivity index (χ3v) is 4.50. The highest BCUT2D eigenvalue weighted by molar-refractivity contribution is 6.31. The molecule has 17 heavy (non-hydrogen) atoms. The molecule has 0 aromatic carbocycles. The number of aromatic nitrogens is 1. The lowest BCUT2D eigenvalue weighted by molar-refractivity contribution is 0.344. The van der Waals surface area contributed by atoms with Crippen molar-refractivity contribution in [1.82, 2.24) is 10.3 Å². The molecule has 0 amide bonds. The van der Waals surface area contributed by atoms with E-state index in [0.29, 0.717) is 6.04 Å². The second-order valence-electron chi connectivity index (χ2n) is 5.06. The highest BCUT2D eigenvalue weighted by atomic mass is 35.5. The van der Waals surface area contributed by atoms with Gasteiger partial charge in [0, 0.05) is 25.0 Å². The van der Waals surface area contributed by atoms with Crippen LogP contribution in [0.15, 0.2) is 18.5 Å². The van der Waals surface area contributed by atoms with Crippen molar-refractivity contribution in [2.45, 2.75) is 45.7 Å². The van der Waals surface area contributed by atoms with Gasteiger partial charge in [0.15, 0.2) is 0 Å². The van der Waals surface area contributed by atoms with Crippen molar-refractivity contribution in [2.24, 2.45) is 11.8 Å². The van der Waals surface area contributed by atoms with Crippen LogP contribution in [0, 0.1) is 11.8 Å². The van der Waals surface area contributed by atoms with Gasteiger partial charge in [0.2, 0.25) is 0 Å². The van der Waals surface area contributed by atoms with E-state index in [0.717, 1.165) is 29.0 Å². The lowest BCUT2D eigenvalue weighted by Gasteiger charge is -2.21. The summed E-state index contributed by atoms with van der Waals surface area (Å²) in [6, 6.07) is 2.64. The Balaban J connectivity index is 1.89. The van der Waals surface area contributed by atoms with E-state index in [1.807, 2.05) is 6.07 Å². The number of nitrogens with one attached hydrogen (secondary N) is 1. The van der Waals surface area contributed by atoms with E-state index >= 15 is 0 Å². The fourth-order valence-corrected chi connectivity index (χ4v) is 3.09. The van der Waals surface area contributed by atoms with Gasteiger partial charge >= 0.3 is 0 Å². The topological polar surface area (TPSA) is 24.9 Å². The van der Waals surface area contributed by atoms with Crippen LogP contribution in [-0.4, -0.2) is 11.0 Å². The van der Waals surface area contributed by atoms with Crippen LogP contribution in [0.5, 0.6) is 0 Å². The summed E-state index contributed by atoms with van der Waals surface area (Å²) in [7, 11) is 0. The summed E-state index contributed by atoms with van der Waals surface area (Å²) in [5, 5.41) is 4.40. The summed E-state index contributed by atoms with van der Waals surface area (Å²) in [5.41, 5.74) is 1.15. The Bertz CT molecular complexity index is 367. The molecule has 0 radical (unpaired) electrons. The molecule has 1 N–H and O–H groups in total. The number of rotatable bonds is 4. The van der Waals surface area contributed by atoms with Gasteiger partial charge in [0.1, 0.15) is 0 Å². The average Bonchev–Trinajstić information content (AvgIpc) is 2.69. The van der Waals surface area contributed by atoms with Crippen molar-refractivity contribution in [3.8, 4) is 0 Å². The van der Waals surface area contributed by atoms with Crippen LogP contribution in [0.2, 0.25) is 5.02 Å². The normalized spacial score (nSPS) is 28.5. The molecule has 1 aromatic heterocycles. The average molecular weight is 253 g/mol. The molecule has 1 saturated carbocycles. The first kappa shape index (κ1) is 12.8. The van der Waals surface area contributed by atoms with E-state index in [-0.39, 0.29) is 0 Å². The van der Waals surface area contributed by atoms with Crippen molar-refractivity contribution in [1.29, 1.82) is 0 Å². The van der Waals surface area contributed by atoms with Crippen LogP contribution in [0.25, 0.3) is 0 Å². The summed E-state index contributed by atoms with van der Waals surface area (Å²) in [6.45, 7) is 5.52. The van der Waals surface area contributed by atoms with E-state index in [1.165, 1.54) is 19.3 Å². The summed E-state index contributed by atoms with van der Waals surface area (Å²) in [4.78, 5) is 4.01. The highest BCUT2D eigenvalue weighted by Gasteiger charge is 2.30. The zero-order chi connectivity index (χ0) is 12.3. The monoisotopic (exact) mass is 252 g/mol. The molecule has 1 aromatic rings. The van der Waals surface area contributed by atoms with Crippen molar-refractivity contribution in [3.05, 3.63) is 29.0 Å². The maximum absolute atomic E-state index is 6.10. The Morgan fingerprint density at radius 3 is 2.94 bits per heavy atom. The lowest BCUT2D eigenvalue weighted by Crippen LogP contribution is -2.32. The smallest absolute Gasteiger partial charge is 0.0634 e. The molecule has 3 atom stereocenters. The van der Waals surface area contributed by atoms with Gasteiger partial charge in [-0.25, -0.2) is 0 Å². The standard InChI is InChI=1S/C14H21ClN2/c1-3-11-4-5-14(10(11)2)17-8-12-6-7-16-9-13(12)15/h6-7,9-11,14,17H,3-5,8H2,1-2H3. The molecule has 1 heterocycles. The second-order valence-corrected chi connectivity index (χ2v) is 5.47. The first-order chi connectivity index (χ1) is 8.22. The van der Waals surface area contributed by atoms with E-state index < -0.39 is 0 Å². The predicted octanol–water partition coefficient (Wildman–Crippen LogP) is 3.65. The number of hydrogen-bond acceptors (Lipinski definition) is 2. The lowest BCUT2D eigenvalue weighted by atomic mass is 9.93. The Hall–Kier alpha value is -0.600. The minimum atomic E-state index is 0.643. The van der Waals surface area contributed by atoms with Gasteiger partial charge in [0.25, 0.3) is 0 Å². The van der Waals surface area contributed by atoms with Crippen molar-refractivity contribution >= 4 is 11.6 Å². The SMILES string of the molecule is CCC1CCC(NCc2ccncc2Cl)C1C. The van der Waals surface area contributed by atoms with Crippen molar-refractivity contribution in [3.63, 3.8) is 0 Å². The predicted molar refractivity (Wildman–Crippen MR) is 72.1 cm³/mol. The van der Waals surface area contributed by atoms with Crippen LogP contribution in [-0.2, 0) is 6.54 Å². The molecule has 0 saturated heterocycles. The Kier molecular flexibility index (Phi) is 4.41. The molecular weight excluding hydrogens is 232 g/mol. The third kappa shape index (κ3) is 2.99. The van der Waals surface area contributed by atoms with Crippen molar-refractivity contribution < 1.29 is 0 Å². The van der Waals surface area contributed by atoms with E-state index in [1.54, 1.807) is 12.4 Å². The fraction of sp³-hybridized carbons (Fsp3) is 0.643. The number of nitrogens with zero attached hydrogens (tertiary/aromatic N) is 1. The molecule has 3 unspecified atom stereocenters. The molecule has 0 spiro atoms. The van der Waals surface area contributed by atoms with Gasteiger partial charge in [-0.1, -0.05) is 31.9 Å². The van der Waals surface area contributed by atoms with Gasteiger partial charge in [-0.15, -0.1) is 0 Å². The number of hydrogen-bond donors (Lipinski definition) is 1. The Morgan fingerprint density at radius 1 is 1.47 bits per heavy atom. The van der Waals surface area contributed by atoms with E-state index in [4.69, 9.17) is 11.6 Å². The van der Waals surface area contributed by atoms with Gasteiger partial charge in [-0.3, -0.25) is 4.98 Å². The summed E-state index contributed by atoms with van der Waals surface area (Å²) < 4.78 is 0. The van der Waals surface area contributed by atoms with Gasteiger partial charge in [0.05, 0.1) is 5.02 Å². The van der Waals surface area contributed by atoms with Crippen LogP contribution in [0.1, 0.15) is 38.7 Å². The molecule has 1 aliphatic carbocycles. The zero-order valence-electron chi connectivity index (χ0n) is 10.6. The van der Waals surface area contributed by atoms with E-state index in [2.05, 4.69) is 24.1 Å². The van der Waals surface area contributed by atoms with Crippen LogP contribution < -0.4 is 5.32 Å². The molecule has 2 rings (SSSR count). The largest absolute Gasteiger partial charge is 0.310 e. The maximum Gasteiger partial charge on any atom is 0.0634 e. The van der Waals surface area contributed by atoms with E-state index in [9.17, 15) is 0 Å². The van der Waals surface area contributed by atoms with Gasteiger partial charge < -0.3 is 5.32 Å². The molecule has 3 heteroatoms. The second kappa shape index (κ2) is 5.83. The molecular formula is C14H21ClN2. The molecule has 94 valence electrons. The quantitative estimate of drug-likeness (QED) is 0.885. The minimum Gasteiger partial charge on any atom is -0.310 e. The molecule has 0 aliphatic heterocycles. The first-order valence-corrected chi connectivity index (χ1v) is 6.92. The van der Waals surface area contributed by atoms with Crippen LogP contribution in [0.3, 0.4) is 0 Å². The Morgan fingerprint density at radius 2 is 2.29 bits per heavy atom. The summed E-state index contributed by atoms with van der Waals surface area (Å²) >= 11 is 6.10. The highest BCUT2D eigenvalue weighted by Crippen LogP contribution is 2.34. The minimum absolute atomic E-state index is 0.643. The third-order valence-electron chi connectivity index (χ3n) is 4.16. The summed E-state index contributed by atoms with van der Waals surface area (Å²) in [5.74, 6) is 1.67. The molecule has 1 fully saturated rings. The van der Waals surface area contributed by atoms with Crippen LogP contribution in [0.4, 0.5) is 0 Å². The van der Waals surface area contributed by atoms with Gasteiger partial charge in [-0.2, -0.15) is 0 Å². The van der Waals surface area contributed by atoms with Crippen molar-refractivity contribution in [2.75, 3.05) is 0 Å². The zero-order valence-corrected chi connectivity index (χ0v) is 11.4.